The molecule has 1 rings (SSSR count). The van der Waals surface area contributed by atoms with Gasteiger partial charge in [-0.2, -0.15) is 0 Å². The zero-order chi connectivity index (χ0) is 26.4. The predicted octanol–water partition coefficient (Wildman–Crippen LogP) is 5.13. The summed E-state index contributed by atoms with van der Waals surface area (Å²) in [6.45, 7) is 20.6. The Kier molecular flexibility index (Phi) is 10.2. The Morgan fingerprint density at radius 2 is 1.56 bits per heavy atom. The van der Waals surface area contributed by atoms with E-state index in [9.17, 15) is 14.4 Å². The number of nitrogens with zero attached hydrogens (tertiary/aromatic N) is 1. The average Bonchev–Trinajstić information content (AvgIpc) is 2.66. The average molecular weight is 476 g/mol. The van der Waals surface area contributed by atoms with Crippen molar-refractivity contribution in [1.29, 1.82) is 0 Å². The van der Waals surface area contributed by atoms with Crippen LogP contribution in [0.3, 0.4) is 0 Å². The van der Waals surface area contributed by atoms with E-state index in [4.69, 9.17) is 4.74 Å². The van der Waals surface area contributed by atoms with Gasteiger partial charge in [-0.3, -0.25) is 9.59 Å². The minimum Gasteiger partial charge on any atom is -0.444 e. The van der Waals surface area contributed by atoms with Crippen molar-refractivity contribution in [3.05, 3.63) is 35.4 Å². The van der Waals surface area contributed by atoms with E-state index < -0.39 is 29.3 Å². The first-order valence-corrected chi connectivity index (χ1v) is 12.2. The van der Waals surface area contributed by atoms with E-state index in [2.05, 4.69) is 10.6 Å². The molecule has 0 fully saturated rings. The number of aryl methyl sites for hydroxylation is 1. The molecular formula is C27H45N3O4. The van der Waals surface area contributed by atoms with Crippen molar-refractivity contribution in [2.45, 2.75) is 112 Å². The van der Waals surface area contributed by atoms with Crippen molar-refractivity contribution >= 4 is 17.9 Å². The van der Waals surface area contributed by atoms with Gasteiger partial charge in [0, 0.05) is 11.6 Å². The van der Waals surface area contributed by atoms with Crippen LogP contribution in [0.15, 0.2) is 24.3 Å². The quantitative estimate of drug-likeness (QED) is 0.546. The Morgan fingerprint density at radius 3 is 2.00 bits per heavy atom. The summed E-state index contributed by atoms with van der Waals surface area (Å²) < 4.78 is 5.43. The van der Waals surface area contributed by atoms with Gasteiger partial charge >= 0.3 is 6.09 Å². The number of hydrogen-bond acceptors (Lipinski definition) is 4. The highest BCUT2D eigenvalue weighted by Crippen LogP contribution is 2.29. The molecule has 1 aromatic carbocycles. The minimum atomic E-state index is -0.847. The molecule has 2 N–H and O–H groups in total. The van der Waals surface area contributed by atoms with Crippen molar-refractivity contribution < 1.29 is 19.1 Å². The molecule has 1 aromatic rings. The fourth-order valence-electron chi connectivity index (χ4n) is 3.71. The van der Waals surface area contributed by atoms with Gasteiger partial charge < -0.3 is 20.3 Å². The lowest BCUT2D eigenvalue weighted by Gasteiger charge is -2.39. The Bertz CT molecular complexity index is 852. The molecule has 0 saturated heterocycles. The van der Waals surface area contributed by atoms with Crippen LogP contribution < -0.4 is 10.6 Å². The summed E-state index contributed by atoms with van der Waals surface area (Å²) in [5.41, 5.74) is 0.497. The molecule has 3 unspecified atom stereocenters. The smallest absolute Gasteiger partial charge is 0.408 e. The maximum Gasteiger partial charge on any atom is 0.408 e. The summed E-state index contributed by atoms with van der Waals surface area (Å²) in [6, 6.07) is 5.61. The van der Waals surface area contributed by atoms with Gasteiger partial charge in [-0.25, -0.2) is 4.79 Å². The molecule has 3 amide bonds. The number of alkyl carbamates (subject to hydrolysis) is 1. The second-order valence-electron chi connectivity index (χ2n) is 11.3. The van der Waals surface area contributed by atoms with Gasteiger partial charge in [-0.15, -0.1) is 0 Å². The zero-order valence-corrected chi connectivity index (χ0v) is 22.9. The van der Waals surface area contributed by atoms with Gasteiger partial charge in [0.1, 0.15) is 17.7 Å². The Labute approximate surface area is 206 Å². The summed E-state index contributed by atoms with van der Waals surface area (Å²) >= 11 is 0. The van der Waals surface area contributed by atoms with E-state index in [0.29, 0.717) is 6.42 Å². The Morgan fingerprint density at radius 1 is 1.00 bits per heavy atom. The van der Waals surface area contributed by atoms with Crippen LogP contribution in [0, 0.1) is 12.8 Å². The molecule has 0 aliphatic rings. The third kappa shape index (κ3) is 8.65. The van der Waals surface area contributed by atoms with E-state index >= 15 is 0 Å². The van der Waals surface area contributed by atoms with Crippen molar-refractivity contribution in [2.24, 2.45) is 5.92 Å². The number of benzene rings is 1. The summed E-state index contributed by atoms with van der Waals surface area (Å²) in [5.74, 6) is -0.735. The monoisotopic (exact) mass is 475 g/mol. The molecule has 3 atom stereocenters. The lowest BCUT2D eigenvalue weighted by atomic mass is 9.93. The number of carbonyl (C=O) groups excluding carboxylic acids is 3. The first-order valence-electron chi connectivity index (χ1n) is 12.2. The summed E-state index contributed by atoms with van der Waals surface area (Å²) in [5, 5.41) is 5.83. The SMILES string of the molecule is CCC(C)C(NC(=O)OC(C)(C)C)C(=O)N(C(C)C)C(C(=O)NC(C)(C)C)c1ccccc1C. The zero-order valence-electron chi connectivity index (χ0n) is 22.9. The molecule has 7 heteroatoms. The second kappa shape index (κ2) is 11.7. The second-order valence-corrected chi connectivity index (χ2v) is 11.3. The van der Waals surface area contributed by atoms with Crippen LogP contribution in [-0.2, 0) is 14.3 Å². The highest BCUT2D eigenvalue weighted by atomic mass is 16.6. The lowest BCUT2D eigenvalue weighted by Crippen LogP contribution is -2.58. The van der Waals surface area contributed by atoms with Crippen molar-refractivity contribution in [3.8, 4) is 0 Å². The fourth-order valence-corrected chi connectivity index (χ4v) is 3.71. The highest BCUT2D eigenvalue weighted by molar-refractivity contribution is 5.93. The number of ether oxygens (including phenoxy) is 1. The van der Waals surface area contributed by atoms with Crippen LogP contribution in [0.5, 0.6) is 0 Å². The van der Waals surface area contributed by atoms with Gasteiger partial charge in [0.2, 0.25) is 11.8 Å². The maximum absolute atomic E-state index is 14.1. The standard InChI is InChI=1S/C27H45N3O4/c1-12-18(4)21(28-25(33)34-27(9,10)11)24(32)30(17(2)3)22(23(31)29-26(6,7)8)20-16-14-13-15-19(20)5/h13-18,21-22H,12H2,1-11H3,(H,28,33)(H,29,31). The molecule has 0 aromatic heterocycles. The molecule has 0 bridgehead atoms. The van der Waals surface area contributed by atoms with E-state index in [1.165, 1.54) is 0 Å². The van der Waals surface area contributed by atoms with Crippen molar-refractivity contribution in [1.82, 2.24) is 15.5 Å². The van der Waals surface area contributed by atoms with Crippen LogP contribution in [0.1, 0.15) is 92.8 Å². The van der Waals surface area contributed by atoms with E-state index in [1.54, 1.807) is 25.7 Å². The fraction of sp³-hybridized carbons (Fsp3) is 0.667. The summed E-state index contributed by atoms with van der Waals surface area (Å²) in [7, 11) is 0. The number of rotatable bonds is 8. The molecular weight excluding hydrogens is 430 g/mol. The molecule has 0 aliphatic carbocycles. The van der Waals surface area contributed by atoms with Crippen LogP contribution in [0.2, 0.25) is 0 Å². The topological polar surface area (TPSA) is 87.7 Å². The third-order valence-electron chi connectivity index (χ3n) is 5.47. The van der Waals surface area contributed by atoms with E-state index in [0.717, 1.165) is 11.1 Å². The van der Waals surface area contributed by atoms with Gasteiger partial charge in [-0.1, -0.05) is 44.5 Å². The van der Waals surface area contributed by atoms with Crippen molar-refractivity contribution in [3.63, 3.8) is 0 Å². The molecule has 7 nitrogen and oxygen atoms in total. The first kappa shape index (κ1) is 29.5. The van der Waals surface area contributed by atoms with Crippen molar-refractivity contribution in [2.75, 3.05) is 0 Å². The highest BCUT2D eigenvalue weighted by Gasteiger charge is 2.40. The van der Waals surface area contributed by atoms with Gasteiger partial charge in [0.05, 0.1) is 0 Å². The molecule has 0 spiro atoms. The lowest BCUT2D eigenvalue weighted by molar-refractivity contribution is -0.146. The van der Waals surface area contributed by atoms with Gasteiger partial charge in [0.15, 0.2) is 0 Å². The van der Waals surface area contributed by atoms with Gasteiger partial charge in [-0.05, 0) is 79.4 Å². The number of carbonyl (C=O) groups is 3. The molecule has 0 radical (unpaired) electrons. The van der Waals surface area contributed by atoms with Crippen LogP contribution in [0.25, 0.3) is 0 Å². The summed E-state index contributed by atoms with van der Waals surface area (Å²) in [4.78, 5) is 41.9. The van der Waals surface area contributed by atoms with Crippen LogP contribution >= 0.6 is 0 Å². The maximum atomic E-state index is 14.1. The van der Waals surface area contributed by atoms with Gasteiger partial charge in [0.25, 0.3) is 0 Å². The molecule has 192 valence electrons. The van der Waals surface area contributed by atoms with E-state index in [1.807, 2.05) is 79.7 Å². The molecule has 0 heterocycles. The Balaban J connectivity index is 3.54. The normalized spacial score (nSPS) is 14.7. The largest absolute Gasteiger partial charge is 0.444 e. The Hall–Kier alpha value is -2.57. The predicted molar refractivity (Wildman–Crippen MR) is 136 cm³/mol. The summed E-state index contributed by atoms with van der Waals surface area (Å²) in [6.07, 6.45) is 0.0166. The number of hydrogen-bond donors (Lipinski definition) is 2. The van der Waals surface area contributed by atoms with E-state index in [-0.39, 0.29) is 23.8 Å². The van der Waals surface area contributed by atoms with Crippen LogP contribution in [-0.4, -0.2) is 46.0 Å². The first-order chi connectivity index (χ1) is 15.5. The molecule has 0 aliphatic heterocycles. The number of nitrogens with one attached hydrogen (secondary N) is 2. The molecule has 34 heavy (non-hydrogen) atoms. The number of amides is 3. The molecule has 0 saturated carbocycles. The third-order valence-corrected chi connectivity index (χ3v) is 5.47. The van der Waals surface area contributed by atoms with Crippen LogP contribution in [0.4, 0.5) is 4.79 Å². The minimum absolute atomic E-state index is 0.163.